The first-order valence-corrected chi connectivity index (χ1v) is 12.8. The maximum Gasteiger partial charge on any atom is 0.407 e. The molecule has 0 atom stereocenters. The molecular weight excluding hydrogens is 480 g/mol. The number of carbonyl (C=O) groups is 1. The van der Waals surface area contributed by atoms with E-state index in [1.54, 1.807) is 24.3 Å². The second kappa shape index (κ2) is 11.7. The first-order chi connectivity index (χ1) is 18.1. The number of nitrogens with zero attached hydrogens (tertiary/aromatic N) is 1. The summed E-state index contributed by atoms with van der Waals surface area (Å²) in [5.74, 6) is 3.77. The fourth-order valence-electron chi connectivity index (χ4n) is 4.71. The van der Waals surface area contributed by atoms with Crippen LogP contribution in [0.3, 0.4) is 0 Å². The van der Waals surface area contributed by atoms with Crippen molar-refractivity contribution in [2.75, 3.05) is 53.5 Å². The van der Waals surface area contributed by atoms with E-state index < -0.39 is 11.7 Å². The maximum absolute atomic E-state index is 12.5. The Kier molecular flexibility index (Phi) is 7.93. The number of carbonyl (C=O) groups excluding carboxylic acids is 1. The van der Waals surface area contributed by atoms with Crippen LogP contribution in [0.25, 0.3) is 0 Å². The molecule has 0 radical (unpaired) electrons. The van der Waals surface area contributed by atoms with Crippen molar-refractivity contribution < 1.29 is 38.0 Å². The van der Waals surface area contributed by atoms with Crippen LogP contribution in [0.2, 0.25) is 0 Å². The second-order valence-electron chi connectivity index (χ2n) is 9.44. The van der Waals surface area contributed by atoms with Crippen LogP contribution >= 0.6 is 0 Å². The highest BCUT2D eigenvalue weighted by molar-refractivity contribution is 5.67. The summed E-state index contributed by atoms with van der Waals surface area (Å²) in [6.45, 7) is 3.70. The number of hydrogen-bond acceptors (Lipinski definition) is 9. The van der Waals surface area contributed by atoms with E-state index in [-0.39, 0.29) is 26.8 Å². The zero-order valence-electron chi connectivity index (χ0n) is 21.2. The van der Waals surface area contributed by atoms with Crippen molar-refractivity contribution in [1.82, 2.24) is 10.2 Å². The molecule has 0 saturated carbocycles. The SMILES string of the molecule is CNC(=O)OC(CCCN1CCCCC1)(COc1ccc2c(c1)OCO2)COc1ccc2c(c1)OCO2. The first-order valence-electron chi connectivity index (χ1n) is 12.8. The Labute approximate surface area is 216 Å². The maximum atomic E-state index is 12.5. The summed E-state index contributed by atoms with van der Waals surface area (Å²) in [4.78, 5) is 15.0. The van der Waals surface area contributed by atoms with Gasteiger partial charge in [0.05, 0.1) is 0 Å². The molecule has 5 rings (SSSR count). The van der Waals surface area contributed by atoms with Crippen molar-refractivity contribution in [3.8, 4) is 34.5 Å². The zero-order valence-corrected chi connectivity index (χ0v) is 21.2. The van der Waals surface area contributed by atoms with Crippen LogP contribution in [-0.4, -0.2) is 70.1 Å². The van der Waals surface area contributed by atoms with Gasteiger partial charge in [0.15, 0.2) is 28.6 Å². The molecule has 10 heteroatoms. The molecule has 200 valence electrons. The normalized spacial score (nSPS) is 16.4. The number of ether oxygens (including phenoxy) is 7. The van der Waals surface area contributed by atoms with Gasteiger partial charge in [0.2, 0.25) is 13.6 Å². The summed E-state index contributed by atoms with van der Waals surface area (Å²) >= 11 is 0. The van der Waals surface area contributed by atoms with E-state index >= 15 is 0 Å². The molecule has 0 aliphatic carbocycles. The summed E-state index contributed by atoms with van der Waals surface area (Å²) in [6.07, 6.45) is 4.58. The van der Waals surface area contributed by atoms with Crippen LogP contribution in [-0.2, 0) is 4.74 Å². The monoisotopic (exact) mass is 514 g/mol. The lowest BCUT2D eigenvalue weighted by molar-refractivity contribution is -0.0583. The van der Waals surface area contributed by atoms with Gasteiger partial charge < -0.3 is 43.4 Å². The summed E-state index contributed by atoms with van der Waals surface area (Å²) in [5.41, 5.74) is -1.04. The van der Waals surface area contributed by atoms with Gasteiger partial charge in [-0.15, -0.1) is 0 Å². The Morgan fingerprint density at radius 1 is 0.865 bits per heavy atom. The molecule has 0 aromatic heterocycles. The zero-order chi connectivity index (χ0) is 25.5. The average Bonchev–Trinajstić information content (AvgIpc) is 3.60. The van der Waals surface area contributed by atoms with Crippen molar-refractivity contribution in [2.24, 2.45) is 0 Å². The quantitative estimate of drug-likeness (QED) is 0.478. The molecule has 2 aromatic carbocycles. The third-order valence-electron chi connectivity index (χ3n) is 6.76. The molecule has 1 saturated heterocycles. The highest BCUT2D eigenvalue weighted by atomic mass is 16.7. The van der Waals surface area contributed by atoms with Crippen molar-refractivity contribution >= 4 is 6.09 Å². The number of likely N-dealkylation sites (tertiary alicyclic amines) is 1. The number of amides is 1. The van der Waals surface area contributed by atoms with Crippen LogP contribution in [0.15, 0.2) is 36.4 Å². The van der Waals surface area contributed by atoms with E-state index in [1.807, 2.05) is 12.1 Å². The van der Waals surface area contributed by atoms with Gasteiger partial charge in [0.25, 0.3) is 0 Å². The minimum atomic E-state index is -1.04. The van der Waals surface area contributed by atoms with E-state index in [0.29, 0.717) is 40.9 Å². The fourth-order valence-corrected chi connectivity index (χ4v) is 4.71. The van der Waals surface area contributed by atoms with Crippen LogP contribution in [0.1, 0.15) is 32.1 Å². The number of hydrogen-bond donors (Lipinski definition) is 1. The molecule has 10 nitrogen and oxygen atoms in total. The van der Waals surface area contributed by atoms with Crippen molar-refractivity contribution in [3.05, 3.63) is 36.4 Å². The average molecular weight is 515 g/mol. The standard InChI is InChI=1S/C27H34N2O8/c1-28-26(30)37-27(10-5-13-29-11-3-2-4-12-29,16-31-20-6-8-22-24(14-20)35-18-33-22)17-32-21-7-9-23-25(15-21)36-19-34-23/h6-9,14-15H,2-5,10-13,16-19H2,1H3,(H,28,30). The Bertz CT molecular complexity index is 1010. The highest BCUT2D eigenvalue weighted by Crippen LogP contribution is 2.37. The van der Waals surface area contributed by atoms with Gasteiger partial charge in [0.1, 0.15) is 24.7 Å². The Morgan fingerprint density at radius 3 is 2.00 bits per heavy atom. The third kappa shape index (κ3) is 6.43. The molecule has 2 aromatic rings. The number of rotatable bonds is 11. The second-order valence-corrected chi connectivity index (χ2v) is 9.44. The number of benzene rings is 2. The van der Waals surface area contributed by atoms with Gasteiger partial charge in [0, 0.05) is 19.2 Å². The van der Waals surface area contributed by atoms with E-state index in [2.05, 4.69) is 10.2 Å². The molecule has 3 aliphatic heterocycles. The molecule has 0 bridgehead atoms. The molecule has 1 amide bonds. The minimum absolute atomic E-state index is 0.102. The molecule has 37 heavy (non-hydrogen) atoms. The van der Waals surface area contributed by atoms with Gasteiger partial charge in [-0.3, -0.25) is 0 Å². The molecule has 0 spiro atoms. The first kappa shape index (κ1) is 25.1. The van der Waals surface area contributed by atoms with E-state index in [0.717, 1.165) is 26.1 Å². The van der Waals surface area contributed by atoms with Crippen LogP contribution in [0, 0.1) is 0 Å². The predicted octanol–water partition coefficient (Wildman–Crippen LogP) is 3.96. The van der Waals surface area contributed by atoms with Gasteiger partial charge in [-0.1, -0.05) is 6.42 Å². The topological polar surface area (TPSA) is 97.0 Å². The summed E-state index contributed by atoms with van der Waals surface area (Å²) < 4.78 is 40.1. The predicted molar refractivity (Wildman–Crippen MR) is 134 cm³/mol. The van der Waals surface area contributed by atoms with Crippen LogP contribution < -0.4 is 33.7 Å². The summed E-state index contributed by atoms with van der Waals surface area (Å²) in [5, 5.41) is 2.57. The molecule has 0 unspecified atom stereocenters. The van der Waals surface area contributed by atoms with Crippen LogP contribution in [0.5, 0.6) is 34.5 Å². The molecular formula is C27H34N2O8. The smallest absolute Gasteiger partial charge is 0.407 e. The lowest BCUT2D eigenvalue weighted by Crippen LogP contribution is -2.48. The van der Waals surface area contributed by atoms with E-state index in [1.165, 1.54) is 26.3 Å². The molecule has 1 N–H and O–H groups in total. The lowest BCUT2D eigenvalue weighted by atomic mass is 9.98. The fraction of sp³-hybridized carbons (Fsp3) is 0.519. The Balaban J connectivity index is 1.32. The van der Waals surface area contributed by atoms with E-state index in [9.17, 15) is 4.79 Å². The lowest BCUT2D eigenvalue weighted by Gasteiger charge is -2.34. The molecule has 1 fully saturated rings. The summed E-state index contributed by atoms with van der Waals surface area (Å²) in [6, 6.07) is 10.8. The largest absolute Gasteiger partial charge is 0.489 e. The van der Waals surface area contributed by atoms with Gasteiger partial charge in [-0.25, -0.2) is 4.79 Å². The Morgan fingerprint density at radius 2 is 1.43 bits per heavy atom. The molecule has 3 heterocycles. The molecule has 3 aliphatic rings. The third-order valence-corrected chi connectivity index (χ3v) is 6.76. The number of fused-ring (bicyclic) bond motifs is 2. The van der Waals surface area contributed by atoms with Crippen molar-refractivity contribution in [3.63, 3.8) is 0 Å². The van der Waals surface area contributed by atoms with Crippen molar-refractivity contribution in [1.29, 1.82) is 0 Å². The number of alkyl carbamates (subject to hydrolysis) is 1. The van der Waals surface area contributed by atoms with Gasteiger partial charge in [-0.05, 0) is 69.6 Å². The summed E-state index contributed by atoms with van der Waals surface area (Å²) in [7, 11) is 1.54. The number of nitrogens with one attached hydrogen (secondary N) is 1. The highest BCUT2D eigenvalue weighted by Gasteiger charge is 2.37. The van der Waals surface area contributed by atoms with Gasteiger partial charge in [-0.2, -0.15) is 0 Å². The van der Waals surface area contributed by atoms with Gasteiger partial charge >= 0.3 is 6.09 Å². The number of piperidine rings is 1. The van der Waals surface area contributed by atoms with Crippen molar-refractivity contribution in [2.45, 2.75) is 37.7 Å². The van der Waals surface area contributed by atoms with Crippen LogP contribution in [0.4, 0.5) is 4.79 Å². The minimum Gasteiger partial charge on any atom is -0.489 e. The van der Waals surface area contributed by atoms with E-state index in [4.69, 9.17) is 33.2 Å². The Hall–Kier alpha value is -3.53.